The lowest BCUT2D eigenvalue weighted by Gasteiger charge is -2.04. The zero-order chi connectivity index (χ0) is 12.4. The van der Waals surface area contributed by atoms with Crippen molar-refractivity contribution in [2.75, 3.05) is 5.73 Å². The average Bonchev–Trinajstić information content (AvgIpc) is 2.93. The largest absolute Gasteiger partial charge is 0.368 e. The highest BCUT2D eigenvalue weighted by molar-refractivity contribution is 5.61. The monoisotopic (exact) mass is 237 g/mol. The van der Waals surface area contributed by atoms with Crippen LogP contribution >= 0.6 is 0 Å². The van der Waals surface area contributed by atoms with Crippen LogP contribution in [0.25, 0.3) is 16.9 Å². The molecule has 0 atom stereocenters. The highest BCUT2D eigenvalue weighted by Crippen LogP contribution is 2.19. The molecule has 88 valence electrons. The topological polar surface area (TPSA) is 69.6 Å². The van der Waals surface area contributed by atoms with Gasteiger partial charge < -0.3 is 10.3 Å². The molecule has 0 unspecified atom stereocenters. The number of anilines is 1. The smallest absolute Gasteiger partial charge is 0.220 e. The maximum Gasteiger partial charge on any atom is 0.220 e. The van der Waals surface area contributed by atoms with Crippen molar-refractivity contribution in [1.82, 2.24) is 19.5 Å². The molecule has 1 aromatic carbocycles. The van der Waals surface area contributed by atoms with Gasteiger partial charge in [-0.05, 0) is 18.2 Å². The van der Waals surface area contributed by atoms with Gasteiger partial charge in [0.25, 0.3) is 0 Å². The molecule has 0 aliphatic heterocycles. The first kappa shape index (κ1) is 10.5. The first-order chi connectivity index (χ1) is 8.83. The van der Waals surface area contributed by atoms with Crippen molar-refractivity contribution in [3.63, 3.8) is 0 Å². The summed E-state index contributed by atoms with van der Waals surface area (Å²) in [5.41, 5.74) is 8.45. The standard InChI is InChI=1S/C13H11N5/c14-13-16-6-5-12(17-13)10-1-3-11(4-2-10)18-8-7-15-9-18/h1-9H,(H2,14,16,17). The highest BCUT2D eigenvalue weighted by atomic mass is 15.0. The number of hydrogen-bond acceptors (Lipinski definition) is 4. The number of aromatic nitrogens is 4. The molecule has 0 amide bonds. The van der Waals surface area contributed by atoms with Crippen LogP contribution in [0.2, 0.25) is 0 Å². The Hall–Kier alpha value is -2.69. The summed E-state index contributed by atoms with van der Waals surface area (Å²) in [6.45, 7) is 0. The molecule has 2 N–H and O–H groups in total. The molecule has 0 bridgehead atoms. The van der Waals surface area contributed by atoms with Crippen molar-refractivity contribution in [3.05, 3.63) is 55.2 Å². The molecule has 0 radical (unpaired) electrons. The van der Waals surface area contributed by atoms with Gasteiger partial charge in [0, 0.05) is 29.8 Å². The number of nitrogens with zero attached hydrogens (tertiary/aromatic N) is 4. The molecular weight excluding hydrogens is 226 g/mol. The van der Waals surface area contributed by atoms with E-state index in [1.165, 1.54) is 0 Å². The van der Waals surface area contributed by atoms with Crippen molar-refractivity contribution in [1.29, 1.82) is 0 Å². The zero-order valence-electron chi connectivity index (χ0n) is 9.56. The minimum atomic E-state index is 0.284. The van der Waals surface area contributed by atoms with Crippen molar-refractivity contribution in [2.45, 2.75) is 0 Å². The number of rotatable bonds is 2. The highest BCUT2D eigenvalue weighted by Gasteiger charge is 2.01. The SMILES string of the molecule is Nc1nccc(-c2ccc(-n3ccnc3)cc2)n1. The Morgan fingerprint density at radius 1 is 1.00 bits per heavy atom. The summed E-state index contributed by atoms with van der Waals surface area (Å²) in [6.07, 6.45) is 7.07. The summed E-state index contributed by atoms with van der Waals surface area (Å²) in [7, 11) is 0. The first-order valence-corrected chi connectivity index (χ1v) is 5.50. The van der Waals surface area contributed by atoms with Crippen LogP contribution in [0.5, 0.6) is 0 Å². The fourth-order valence-corrected chi connectivity index (χ4v) is 1.75. The number of hydrogen-bond donors (Lipinski definition) is 1. The van der Waals surface area contributed by atoms with Gasteiger partial charge in [-0.2, -0.15) is 0 Å². The molecule has 0 saturated carbocycles. The average molecular weight is 237 g/mol. The van der Waals surface area contributed by atoms with Crippen LogP contribution in [-0.4, -0.2) is 19.5 Å². The van der Waals surface area contributed by atoms with Crippen molar-refractivity contribution >= 4 is 5.95 Å². The van der Waals surface area contributed by atoms with Gasteiger partial charge in [0.1, 0.15) is 0 Å². The van der Waals surface area contributed by atoms with Crippen LogP contribution in [0, 0.1) is 0 Å². The molecule has 5 heteroatoms. The summed E-state index contributed by atoms with van der Waals surface area (Å²) in [5.74, 6) is 0.284. The number of nitrogen functional groups attached to an aromatic ring is 1. The van der Waals surface area contributed by atoms with Gasteiger partial charge in [-0.25, -0.2) is 15.0 Å². The van der Waals surface area contributed by atoms with E-state index in [9.17, 15) is 0 Å². The Kier molecular flexibility index (Phi) is 2.49. The summed E-state index contributed by atoms with van der Waals surface area (Å²) >= 11 is 0. The van der Waals surface area contributed by atoms with Crippen LogP contribution in [0.15, 0.2) is 55.2 Å². The Morgan fingerprint density at radius 3 is 2.50 bits per heavy atom. The van der Waals surface area contributed by atoms with Gasteiger partial charge >= 0.3 is 0 Å². The van der Waals surface area contributed by atoms with Crippen LogP contribution in [0.4, 0.5) is 5.95 Å². The van der Waals surface area contributed by atoms with Crippen LogP contribution < -0.4 is 5.73 Å². The zero-order valence-corrected chi connectivity index (χ0v) is 9.56. The van der Waals surface area contributed by atoms with Gasteiger partial charge in [-0.3, -0.25) is 0 Å². The fourth-order valence-electron chi connectivity index (χ4n) is 1.75. The minimum absolute atomic E-state index is 0.284. The minimum Gasteiger partial charge on any atom is -0.368 e. The van der Waals surface area contributed by atoms with Gasteiger partial charge in [-0.15, -0.1) is 0 Å². The van der Waals surface area contributed by atoms with Crippen molar-refractivity contribution < 1.29 is 0 Å². The number of imidazole rings is 1. The molecule has 2 heterocycles. The molecule has 5 nitrogen and oxygen atoms in total. The third kappa shape index (κ3) is 1.93. The summed E-state index contributed by atoms with van der Waals surface area (Å²) in [6, 6.07) is 9.85. The second kappa shape index (κ2) is 4.29. The van der Waals surface area contributed by atoms with E-state index in [1.54, 1.807) is 18.7 Å². The quantitative estimate of drug-likeness (QED) is 0.739. The van der Waals surface area contributed by atoms with E-state index in [4.69, 9.17) is 5.73 Å². The number of benzene rings is 1. The second-order valence-corrected chi connectivity index (χ2v) is 3.82. The lowest BCUT2D eigenvalue weighted by molar-refractivity contribution is 1.06. The van der Waals surface area contributed by atoms with Crippen molar-refractivity contribution in [2.24, 2.45) is 0 Å². The van der Waals surface area contributed by atoms with E-state index in [2.05, 4.69) is 15.0 Å². The Bertz CT molecular complexity index is 643. The lowest BCUT2D eigenvalue weighted by atomic mass is 10.1. The third-order valence-corrected chi connectivity index (χ3v) is 2.64. The van der Waals surface area contributed by atoms with E-state index in [-0.39, 0.29) is 5.95 Å². The second-order valence-electron chi connectivity index (χ2n) is 3.82. The van der Waals surface area contributed by atoms with Crippen LogP contribution in [-0.2, 0) is 0 Å². The summed E-state index contributed by atoms with van der Waals surface area (Å²) < 4.78 is 1.94. The van der Waals surface area contributed by atoms with Crippen LogP contribution in [0.1, 0.15) is 0 Å². The van der Waals surface area contributed by atoms with Gasteiger partial charge in [0.05, 0.1) is 12.0 Å². The number of nitrogens with two attached hydrogens (primary N) is 1. The fraction of sp³-hybridized carbons (Fsp3) is 0. The third-order valence-electron chi connectivity index (χ3n) is 2.64. The lowest BCUT2D eigenvalue weighted by Crippen LogP contribution is -1.95. The van der Waals surface area contributed by atoms with E-state index in [0.717, 1.165) is 16.9 Å². The molecule has 2 aromatic heterocycles. The van der Waals surface area contributed by atoms with Crippen molar-refractivity contribution in [3.8, 4) is 16.9 Å². The molecule has 0 saturated heterocycles. The molecular formula is C13H11N5. The maximum absolute atomic E-state index is 5.57. The Balaban J connectivity index is 1.96. The van der Waals surface area contributed by atoms with E-state index < -0.39 is 0 Å². The summed E-state index contributed by atoms with van der Waals surface area (Å²) in [4.78, 5) is 12.1. The van der Waals surface area contributed by atoms with E-state index >= 15 is 0 Å². The van der Waals surface area contributed by atoms with Crippen LogP contribution in [0.3, 0.4) is 0 Å². The van der Waals surface area contributed by atoms with E-state index in [0.29, 0.717) is 0 Å². The van der Waals surface area contributed by atoms with Gasteiger partial charge in [0.2, 0.25) is 5.95 Å². The molecule has 0 aliphatic carbocycles. The van der Waals surface area contributed by atoms with Gasteiger partial charge in [-0.1, -0.05) is 12.1 Å². The predicted molar refractivity (Wildman–Crippen MR) is 69.0 cm³/mol. The molecule has 0 fully saturated rings. The molecule has 3 rings (SSSR count). The Morgan fingerprint density at radius 2 is 1.83 bits per heavy atom. The predicted octanol–water partition coefficient (Wildman–Crippen LogP) is 1.91. The molecule has 18 heavy (non-hydrogen) atoms. The van der Waals surface area contributed by atoms with Gasteiger partial charge in [0.15, 0.2) is 0 Å². The first-order valence-electron chi connectivity index (χ1n) is 5.50. The van der Waals surface area contributed by atoms with E-state index in [1.807, 2.05) is 41.1 Å². The Labute approximate surface area is 104 Å². The normalized spacial score (nSPS) is 10.4. The maximum atomic E-state index is 5.57. The molecule has 0 aliphatic rings. The molecule has 3 aromatic rings. The summed E-state index contributed by atoms with van der Waals surface area (Å²) in [5, 5.41) is 0. The molecule has 0 spiro atoms.